The molecule has 0 unspecified atom stereocenters. The van der Waals surface area contributed by atoms with Crippen molar-refractivity contribution in [1.29, 1.82) is 5.26 Å². The Bertz CT molecular complexity index is 1080. The Labute approximate surface area is 178 Å². The molecule has 0 fully saturated rings. The summed E-state index contributed by atoms with van der Waals surface area (Å²) >= 11 is 6.25. The number of terminal acetylenes is 1. The number of nitrogens with one attached hydrogen (secondary N) is 1. The van der Waals surface area contributed by atoms with Gasteiger partial charge in [-0.05, 0) is 48.9 Å². The van der Waals surface area contributed by atoms with E-state index in [4.69, 9.17) is 32.6 Å². The molecule has 0 bridgehead atoms. The van der Waals surface area contributed by atoms with Crippen LogP contribution in [0.4, 0.5) is 5.69 Å². The molecule has 2 rings (SSSR count). The van der Waals surface area contributed by atoms with Crippen molar-refractivity contribution in [2.75, 3.05) is 18.5 Å². The van der Waals surface area contributed by atoms with Gasteiger partial charge in [-0.25, -0.2) is 4.79 Å². The summed E-state index contributed by atoms with van der Waals surface area (Å²) in [5, 5.41) is 21.2. The van der Waals surface area contributed by atoms with Crippen molar-refractivity contribution in [3.05, 3.63) is 58.1 Å². The predicted molar refractivity (Wildman–Crippen MR) is 113 cm³/mol. The minimum absolute atomic E-state index is 0.00373. The number of carboxylic acid groups (broad SMARTS) is 1. The van der Waals surface area contributed by atoms with Crippen LogP contribution in [-0.2, 0) is 4.79 Å². The van der Waals surface area contributed by atoms with Crippen molar-refractivity contribution >= 4 is 35.2 Å². The topological polar surface area (TPSA) is 109 Å². The number of nitrogens with zero attached hydrogens (tertiary/aromatic N) is 1. The largest absolute Gasteiger partial charge is 0.490 e. The third-order valence-electron chi connectivity index (χ3n) is 3.68. The van der Waals surface area contributed by atoms with Crippen LogP contribution in [0.1, 0.15) is 22.8 Å². The highest BCUT2D eigenvalue weighted by Gasteiger charge is 2.15. The predicted octanol–water partition coefficient (Wildman–Crippen LogP) is 3.99. The number of benzene rings is 2. The van der Waals surface area contributed by atoms with Crippen molar-refractivity contribution < 1.29 is 24.2 Å². The SMILES string of the molecule is C#CCOc1c(Cl)cc(/C=C(/C#N)C(=O)Nc2cccc(C(=O)O)c2)cc1OCC. The lowest BCUT2D eigenvalue weighted by Gasteiger charge is -2.13. The Kier molecular flexibility index (Phi) is 7.87. The summed E-state index contributed by atoms with van der Waals surface area (Å²) in [7, 11) is 0. The molecule has 0 radical (unpaired) electrons. The van der Waals surface area contributed by atoms with Crippen molar-refractivity contribution in [2.24, 2.45) is 0 Å². The number of nitriles is 1. The van der Waals surface area contributed by atoms with Crippen LogP contribution in [0.3, 0.4) is 0 Å². The fourth-order valence-electron chi connectivity index (χ4n) is 2.43. The van der Waals surface area contributed by atoms with Crippen LogP contribution in [0.15, 0.2) is 42.0 Å². The van der Waals surface area contributed by atoms with Gasteiger partial charge < -0.3 is 19.9 Å². The molecule has 2 aromatic rings. The molecule has 7 nitrogen and oxygen atoms in total. The van der Waals surface area contributed by atoms with E-state index in [9.17, 15) is 14.9 Å². The average Bonchev–Trinajstić information content (AvgIpc) is 2.71. The summed E-state index contributed by atoms with van der Waals surface area (Å²) < 4.78 is 10.9. The molecule has 30 heavy (non-hydrogen) atoms. The second-order valence-corrected chi connectivity index (χ2v) is 6.17. The van der Waals surface area contributed by atoms with Crippen LogP contribution in [0.2, 0.25) is 5.02 Å². The van der Waals surface area contributed by atoms with Crippen LogP contribution >= 0.6 is 11.6 Å². The van der Waals surface area contributed by atoms with Crippen LogP contribution in [0.25, 0.3) is 6.08 Å². The number of hydrogen-bond donors (Lipinski definition) is 2. The van der Waals surface area contributed by atoms with Crippen LogP contribution in [0.5, 0.6) is 11.5 Å². The molecule has 0 atom stereocenters. The van der Waals surface area contributed by atoms with E-state index < -0.39 is 11.9 Å². The van der Waals surface area contributed by atoms with Crippen LogP contribution < -0.4 is 14.8 Å². The molecule has 0 heterocycles. The highest BCUT2D eigenvalue weighted by molar-refractivity contribution is 6.32. The van der Waals surface area contributed by atoms with Crippen LogP contribution in [0, 0.1) is 23.7 Å². The Hall–Kier alpha value is -3.94. The highest BCUT2D eigenvalue weighted by Crippen LogP contribution is 2.37. The number of hydrogen-bond acceptors (Lipinski definition) is 5. The Morgan fingerprint density at radius 3 is 2.70 bits per heavy atom. The molecule has 0 spiro atoms. The zero-order chi connectivity index (χ0) is 22.1. The maximum absolute atomic E-state index is 12.5. The number of amides is 1. The van der Waals surface area contributed by atoms with Crippen molar-refractivity contribution in [3.63, 3.8) is 0 Å². The van der Waals surface area contributed by atoms with Gasteiger partial charge in [-0.15, -0.1) is 6.42 Å². The van der Waals surface area contributed by atoms with E-state index in [2.05, 4.69) is 11.2 Å². The van der Waals surface area contributed by atoms with Gasteiger partial charge in [-0.1, -0.05) is 23.6 Å². The van der Waals surface area contributed by atoms with Gasteiger partial charge in [0.2, 0.25) is 0 Å². The van der Waals surface area contributed by atoms with Gasteiger partial charge in [-0.2, -0.15) is 5.26 Å². The Morgan fingerprint density at radius 2 is 2.07 bits per heavy atom. The van der Waals surface area contributed by atoms with Gasteiger partial charge in [0.1, 0.15) is 18.2 Å². The lowest BCUT2D eigenvalue weighted by molar-refractivity contribution is -0.112. The molecular weight excluding hydrogens is 408 g/mol. The minimum Gasteiger partial charge on any atom is -0.490 e. The number of halogens is 1. The molecule has 2 aromatic carbocycles. The number of anilines is 1. The lowest BCUT2D eigenvalue weighted by atomic mass is 10.1. The number of carbonyl (C=O) groups is 2. The second-order valence-electron chi connectivity index (χ2n) is 5.77. The number of ether oxygens (including phenoxy) is 2. The lowest BCUT2D eigenvalue weighted by Crippen LogP contribution is -2.14. The molecular formula is C22H17ClN2O5. The first kappa shape index (κ1) is 22.4. The fraction of sp³-hybridized carbons (Fsp3) is 0.136. The summed E-state index contributed by atoms with van der Waals surface area (Å²) in [6.45, 7) is 2.11. The summed E-state index contributed by atoms with van der Waals surface area (Å²) in [6.07, 6.45) is 6.53. The molecule has 152 valence electrons. The number of rotatable bonds is 8. The monoisotopic (exact) mass is 424 g/mol. The Morgan fingerprint density at radius 1 is 1.30 bits per heavy atom. The zero-order valence-electron chi connectivity index (χ0n) is 15.9. The summed E-state index contributed by atoms with van der Waals surface area (Å²) in [6, 6.07) is 10.6. The molecule has 0 aliphatic carbocycles. The third kappa shape index (κ3) is 5.78. The van der Waals surface area contributed by atoms with Gasteiger partial charge in [-0.3, -0.25) is 4.79 Å². The van der Waals surface area contributed by atoms with E-state index in [-0.39, 0.29) is 34.2 Å². The molecule has 0 aliphatic rings. The number of aromatic carboxylic acids is 1. The van der Waals surface area contributed by atoms with E-state index in [1.807, 2.05) is 6.07 Å². The minimum atomic E-state index is -1.13. The molecule has 2 N–H and O–H groups in total. The second kappa shape index (κ2) is 10.6. The fourth-order valence-corrected chi connectivity index (χ4v) is 2.71. The van der Waals surface area contributed by atoms with Gasteiger partial charge in [0.25, 0.3) is 5.91 Å². The van der Waals surface area contributed by atoms with E-state index in [0.29, 0.717) is 17.9 Å². The van der Waals surface area contributed by atoms with E-state index in [1.54, 1.807) is 13.0 Å². The summed E-state index contributed by atoms with van der Waals surface area (Å²) in [5.74, 6) is 1.08. The quantitative estimate of drug-likeness (QED) is 0.376. The standard InChI is InChI=1S/C22H17ClN2O5/c1-3-8-30-20-18(23)10-14(11-19(20)29-4-2)9-16(13-24)21(26)25-17-7-5-6-15(12-17)22(27)28/h1,5-7,9-12H,4,8H2,2H3,(H,25,26)(H,27,28)/b16-9-. The molecule has 0 saturated carbocycles. The van der Waals surface area contributed by atoms with Crippen molar-refractivity contribution in [3.8, 4) is 29.9 Å². The normalized spacial score (nSPS) is 10.5. The molecule has 0 saturated heterocycles. The van der Waals surface area contributed by atoms with Gasteiger partial charge in [0, 0.05) is 5.69 Å². The molecule has 8 heteroatoms. The zero-order valence-corrected chi connectivity index (χ0v) is 16.7. The summed E-state index contributed by atoms with van der Waals surface area (Å²) in [4.78, 5) is 23.5. The third-order valence-corrected chi connectivity index (χ3v) is 3.96. The average molecular weight is 425 g/mol. The van der Waals surface area contributed by atoms with Crippen molar-refractivity contribution in [2.45, 2.75) is 6.92 Å². The van der Waals surface area contributed by atoms with E-state index >= 15 is 0 Å². The van der Waals surface area contributed by atoms with Crippen LogP contribution in [-0.4, -0.2) is 30.2 Å². The van der Waals surface area contributed by atoms with E-state index in [0.717, 1.165) is 0 Å². The molecule has 1 amide bonds. The van der Waals surface area contributed by atoms with Crippen molar-refractivity contribution in [1.82, 2.24) is 0 Å². The molecule has 0 aliphatic heterocycles. The van der Waals surface area contributed by atoms with Gasteiger partial charge >= 0.3 is 5.97 Å². The van der Waals surface area contributed by atoms with E-state index in [1.165, 1.54) is 36.4 Å². The number of carboxylic acids is 1. The maximum atomic E-state index is 12.5. The smallest absolute Gasteiger partial charge is 0.335 e. The maximum Gasteiger partial charge on any atom is 0.335 e. The highest BCUT2D eigenvalue weighted by atomic mass is 35.5. The summed E-state index contributed by atoms with van der Waals surface area (Å²) in [5.41, 5.74) is 0.465. The number of carbonyl (C=O) groups excluding carboxylic acids is 1. The van der Waals surface area contributed by atoms with Gasteiger partial charge in [0.15, 0.2) is 11.5 Å². The first-order valence-corrected chi connectivity index (χ1v) is 9.06. The van der Waals surface area contributed by atoms with Gasteiger partial charge in [0.05, 0.1) is 17.2 Å². The first-order chi connectivity index (χ1) is 14.4. The Balaban J connectivity index is 2.33. The first-order valence-electron chi connectivity index (χ1n) is 8.68. The molecule has 0 aromatic heterocycles.